The lowest BCUT2D eigenvalue weighted by atomic mass is 10.1. The van der Waals surface area contributed by atoms with Gasteiger partial charge >= 0.3 is 0 Å². The molecular formula is C25H19I2N3O4. The highest BCUT2D eigenvalue weighted by Crippen LogP contribution is 2.31. The van der Waals surface area contributed by atoms with E-state index in [9.17, 15) is 20.2 Å². The first-order valence-corrected chi connectivity index (χ1v) is 12.2. The van der Waals surface area contributed by atoms with Gasteiger partial charge in [0, 0.05) is 6.07 Å². The fourth-order valence-electron chi connectivity index (χ4n) is 3.16. The minimum absolute atomic E-state index is 0.0332. The van der Waals surface area contributed by atoms with E-state index in [0.29, 0.717) is 17.7 Å². The Balaban J connectivity index is 1.81. The lowest BCUT2D eigenvalue weighted by molar-refractivity contribution is -0.384. The molecule has 1 N–H and O–H groups in total. The molecule has 3 aromatic rings. The quantitative estimate of drug-likeness (QED) is 0.100. The normalized spacial score (nSPS) is 11.0. The number of aryl methyl sites for hydroxylation is 2. The van der Waals surface area contributed by atoms with Crippen LogP contribution in [0.1, 0.15) is 22.3 Å². The number of carbonyl (C=O) groups excluding carboxylic acids is 1. The topological polar surface area (TPSA) is 105 Å². The maximum atomic E-state index is 12.7. The smallest absolute Gasteiger partial charge is 0.293 e. The molecule has 1 amide bonds. The standard InChI is InChI=1S/C25H19I2N3O4/c1-15-4-3-5-17(8-15)14-34-24-20(26)11-18(12-21(24)27)10-19(13-28)25(31)29-22-7-6-16(2)9-23(22)30(32)33/h3-12H,14H2,1-2H3,(H,29,31)/b19-10+. The number of anilines is 1. The summed E-state index contributed by atoms with van der Waals surface area (Å²) in [6, 6.07) is 18.0. The predicted octanol–water partition coefficient (Wildman–Crippen LogP) is 6.55. The molecule has 0 fully saturated rings. The van der Waals surface area contributed by atoms with Gasteiger partial charge in [-0.05, 0) is 100.0 Å². The maximum absolute atomic E-state index is 12.7. The van der Waals surface area contributed by atoms with Crippen LogP contribution in [0.15, 0.2) is 60.2 Å². The third-order valence-electron chi connectivity index (χ3n) is 4.76. The van der Waals surface area contributed by atoms with Gasteiger partial charge in [0.05, 0.1) is 12.1 Å². The second-order valence-corrected chi connectivity index (χ2v) is 9.82. The van der Waals surface area contributed by atoms with Crippen LogP contribution >= 0.6 is 45.2 Å². The zero-order valence-electron chi connectivity index (χ0n) is 18.3. The van der Waals surface area contributed by atoms with E-state index in [2.05, 4.69) is 56.6 Å². The number of rotatable bonds is 7. The monoisotopic (exact) mass is 679 g/mol. The van der Waals surface area contributed by atoms with Gasteiger partial charge in [-0.1, -0.05) is 35.9 Å². The van der Waals surface area contributed by atoms with E-state index in [1.165, 1.54) is 18.2 Å². The van der Waals surface area contributed by atoms with Crippen LogP contribution in [-0.4, -0.2) is 10.8 Å². The average molecular weight is 679 g/mol. The molecule has 3 aromatic carbocycles. The van der Waals surface area contributed by atoms with Crippen LogP contribution in [-0.2, 0) is 11.4 Å². The predicted molar refractivity (Wildman–Crippen MR) is 147 cm³/mol. The number of nitrogens with one attached hydrogen (secondary N) is 1. The van der Waals surface area contributed by atoms with Crippen LogP contribution in [0, 0.1) is 42.4 Å². The highest BCUT2D eigenvalue weighted by molar-refractivity contribution is 14.1. The van der Waals surface area contributed by atoms with E-state index in [1.807, 2.05) is 43.3 Å². The zero-order valence-corrected chi connectivity index (χ0v) is 22.6. The van der Waals surface area contributed by atoms with Crippen molar-refractivity contribution in [1.82, 2.24) is 0 Å². The number of amides is 1. The average Bonchev–Trinajstić information content (AvgIpc) is 2.78. The fraction of sp³-hybridized carbons (Fsp3) is 0.120. The van der Waals surface area contributed by atoms with Crippen LogP contribution < -0.4 is 10.1 Å². The zero-order chi connectivity index (χ0) is 24.8. The van der Waals surface area contributed by atoms with Crippen molar-refractivity contribution in [3.63, 3.8) is 0 Å². The second-order valence-electron chi connectivity index (χ2n) is 7.49. The number of ether oxygens (including phenoxy) is 1. The van der Waals surface area contributed by atoms with E-state index >= 15 is 0 Å². The molecule has 0 unspecified atom stereocenters. The Kier molecular flexibility index (Phi) is 8.62. The summed E-state index contributed by atoms with van der Waals surface area (Å²) in [5.74, 6) is -0.00246. The van der Waals surface area contributed by atoms with Crippen molar-refractivity contribution in [2.45, 2.75) is 20.5 Å². The van der Waals surface area contributed by atoms with Gasteiger partial charge in [0.2, 0.25) is 0 Å². The highest BCUT2D eigenvalue weighted by atomic mass is 127. The maximum Gasteiger partial charge on any atom is 0.293 e. The third kappa shape index (κ3) is 6.54. The molecule has 172 valence electrons. The van der Waals surface area contributed by atoms with E-state index in [0.717, 1.165) is 24.0 Å². The van der Waals surface area contributed by atoms with Gasteiger partial charge in [-0.3, -0.25) is 14.9 Å². The van der Waals surface area contributed by atoms with Gasteiger partial charge in [-0.2, -0.15) is 5.26 Å². The molecule has 0 saturated carbocycles. The molecule has 0 heterocycles. The molecule has 0 atom stereocenters. The van der Waals surface area contributed by atoms with Crippen molar-refractivity contribution in [1.29, 1.82) is 5.26 Å². The summed E-state index contributed by atoms with van der Waals surface area (Å²) in [5, 5.41) is 23.3. The van der Waals surface area contributed by atoms with Crippen LogP contribution in [0.3, 0.4) is 0 Å². The Morgan fingerprint density at radius 3 is 2.41 bits per heavy atom. The second kappa shape index (κ2) is 11.4. The van der Waals surface area contributed by atoms with Crippen molar-refractivity contribution in [3.05, 3.63) is 99.7 Å². The summed E-state index contributed by atoms with van der Waals surface area (Å²) in [4.78, 5) is 23.4. The molecule has 0 saturated heterocycles. The Hall–Kier alpha value is -2.98. The number of halogens is 2. The number of hydrogen-bond donors (Lipinski definition) is 1. The van der Waals surface area contributed by atoms with Gasteiger partial charge < -0.3 is 10.1 Å². The lowest BCUT2D eigenvalue weighted by Crippen LogP contribution is -2.14. The fourth-order valence-corrected chi connectivity index (χ4v) is 5.29. The minimum Gasteiger partial charge on any atom is -0.487 e. The van der Waals surface area contributed by atoms with Crippen molar-refractivity contribution in [2.24, 2.45) is 0 Å². The minimum atomic E-state index is -0.723. The van der Waals surface area contributed by atoms with Crippen molar-refractivity contribution in [3.8, 4) is 11.8 Å². The Morgan fingerprint density at radius 2 is 1.79 bits per heavy atom. The number of carbonyl (C=O) groups is 1. The summed E-state index contributed by atoms with van der Waals surface area (Å²) in [7, 11) is 0. The van der Waals surface area contributed by atoms with E-state index in [4.69, 9.17) is 4.74 Å². The van der Waals surface area contributed by atoms with Gasteiger partial charge in [0.1, 0.15) is 29.7 Å². The lowest BCUT2D eigenvalue weighted by Gasteiger charge is -2.12. The van der Waals surface area contributed by atoms with Crippen LogP contribution in [0.25, 0.3) is 6.08 Å². The highest BCUT2D eigenvalue weighted by Gasteiger charge is 2.18. The summed E-state index contributed by atoms with van der Waals surface area (Å²) in [6.45, 7) is 4.17. The van der Waals surface area contributed by atoms with E-state index in [1.54, 1.807) is 13.0 Å². The number of nitriles is 1. The number of benzene rings is 3. The Labute approximate surface area is 224 Å². The molecule has 0 aliphatic heterocycles. The van der Waals surface area contributed by atoms with Gasteiger partial charge in [0.15, 0.2) is 0 Å². The third-order valence-corrected chi connectivity index (χ3v) is 6.36. The number of nitro benzene ring substituents is 1. The van der Waals surface area contributed by atoms with E-state index < -0.39 is 10.8 Å². The molecule has 34 heavy (non-hydrogen) atoms. The SMILES string of the molecule is Cc1cccc(COc2c(I)cc(/C=C(\C#N)C(=O)Nc3ccc(C)cc3[N+](=O)[O-])cc2I)c1. The van der Waals surface area contributed by atoms with E-state index in [-0.39, 0.29) is 16.9 Å². The molecule has 0 aromatic heterocycles. The summed E-state index contributed by atoms with van der Waals surface area (Å²) in [6.07, 6.45) is 1.45. The molecule has 0 radical (unpaired) electrons. The molecule has 0 bridgehead atoms. The van der Waals surface area contributed by atoms with Crippen molar-refractivity contribution >= 4 is 68.5 Å². The Bertz CT molecular complexity index is 1320. The molecule has 0 aliphatic rings. The number of nitro groups is 1. The van der Waals surface area contributed by atoms with Crippen LogP contribution in [0.4, 0.5) is 11.4 Å². The Morgan fingerprint density at radius 1 is 1.12 bits per heavy atom. The first kappa shape index (κ1) is 25.6. The summed E-state index contributed by atoms with van der Waals surface area (Å²) >= 11 is 4.31. The van der Waals surface area contributed by atoms with Crippen LogP contribution in [0.2, 0.25) is 0 Å². The van der Waals surface area contributed by atoms with Crippen molar-refractivity contribution < 1.29 is 14.5 Å². The van der Waals surface area contributed by atoms with Gasteiger partial charge in [0.25, 0.3) is 11.6 Å². The first-order valence-electron chi connectivity index (χ1n) is 10.0. The molecule has 9 heteroatoms. The molecule has 7 nitrogen and oxygen atoms in total. The number of nitrogens with zero attached hydrogens (tertiary/aromatic N) is 2. The summed E-state index contributed by atoms with van der Waals surface area (Å²) in [5.41, 5.74) is 3.18. The largest absolute Gasteiger partial charge is 0.487 e. The molecule has 0 spiro atoms. The first-order chi connectivity index (χ1) is 16.2. The molecular weight excluding hydrogens is 660 g/mol. The summed E-state index contributed by atoms with van der Waals surface area (Å²) < 4.78 is 7.68. The van der Waals surface area contributed by atoms with Gasteiger partial charge in [-0.25, -0.2) is 0 Å². The van der Waals surface area contributed by atoms with Crippen LogP contribution in [0.5, 0.6) is 5.75 Å². The molecule has 0 aliphatic carbocycles. The number of hydrogen-bond acceptors (Lipinski definition) is 5. The van der Waals surface area contributed by atoms with Crippen molar-refractivity contribution in [2.75, 3.05) is 5.32 Å². The van der Waals surface area contributed by atoms with Gasteiger partial charge in [-0.15, -0.1) is 0 Å². The molecule has 3 rings (SSSR count).